The molecule has 0 saturated carbocycles. The first-order chi connectivity index (χ1) is 24.5. The van der Waals surface area contributed by atoms with Gasteiger partial charge in [-0.25, -0.2) is 9.59 Å². The number of urea groups is 2. The van der Waals surface area contributed by atoms with E-state index in [1.165, 1.54) is 0 Å². The average Bonchev–Trinajstić information content (AvgIpc) is 3.13. The molecule has 1 aliphatic heterocycles. The van der Waals surface area contributed by atoms with Crippen molar-refractivity contribution in [1.82, 2.24) is 9.80 Å². The number of methoxy groups -OCH3 is 2. The number of hydrogen-bond donors (Lipinski definition) is 4. The fourth-order valence-electron chi connectivity index (χ4n) is 5.68. The molecule has 0 aliphatic carbocycles. The van der Waals surface area contributed by atoms with E-state index in [2.05, 4.69) is 16.0 Å². The fourth-order valence-corrected chi connectivity index (χ4v) is 5.68. The normalized spacial score (nSPS) is 19.0. The summed E-state index contributed by atoms with van der Waals surface area (Å²) in [5, 5.41) is 18.7. The minimum absolute atomic E-state index is 0.206. The number of likely N-dealkylation sites (N-methyl/N-ethyl adjacent to an activating group) is 1. The minimum atomic E-state index is -0.551. The van der Waals surface area contributed by atoms with Crippen LogP contribution < -0.4 is 30.2 Å². The second-order valence-electron chi connectivity index (χ2n) is 12.9. The highest BCUT2D eigenvalue weighted by Crippen LogP contribution is 2.29. The third-order valence-corrected chi connectivity index (χ3v) is 8.80. The van der Waals surface area contributed by atoms with Gasteiger partial charge in [0.2, 0.25) is 0 Å². The molecule has 0 saturated heterocycles. The molecule has 3 aromatic carbocycles. The van der Waals surface area contributed by atoms with Crippen LogP contribution in [0.1, 0.15) is 50.4 Å². The number of benzene rings is 3. The van der Waals surface area contributed by atoms with E-state index < -0.39 is 18.2 Å². The van der Waals surface area contributed by atoms with Crippen LogP contribution in [0.3, 0.4) is 0 Å². The van der Waals surface area contributed by atoms with Crippen LogP contribution in [0.5, 0.6) is 17.2 Å². The Hall–Kier alpha value is -5.01. The van der Waals surface area contributed by atoms with Crippen LogP contribution in [0, 0.1) is 5.92 Å². The van der Waals surface area contributed by atoms with Crippen LogP contribution in [0.25, 0.3) is 0 Å². The van der Waals surface area contributed by atoms with E-state index in [1.807, 2.05) is 13.8 Å². The molecule has 5 amide bonds. The van der Waals surface area contributed by atoms with Crippen LogP contribution >= 0.6 is 0 Å². The molecule has 4 rings (SSSR count). The number of aliphatic hydroxyl groups is 1. The van der Waals surface area contributed by atoms with Gasteiger partial charge in [0.15, 0.2) is 0 Å². The number of nitrogens with one attached hydrogen (secondary N) is 3. The van der Waals surface area contributed by atoms with E-state index in [0.29, 0.717) is 40.9 Å². The highest BCUT2D eigenvalue weighted by atomic mass is 16.5. The Labute approximate surface area is 300 Å². The molecule has 1 heterocycles. The Kier molecular flexibility index (Phi) is 14.3. The molecule has 276 valence electrons. The summed E-state index contributed by atoms with van der Waals surface area (Å²) < 4.78 is 23.1. The van der Waals surface area contributed by atoms with Crippen molar-refractivity contribution in [3.05, 3.63) is 72.3 Å². The van der Waals surface area contributed by atoms with Crippen LogP contribution in [-0.2, 0) is 4.74 Å². The number of amides is 5. The van der Waals surface area contributed by atoms with Gasteiger partial charge >= 0.3 is 12.1 Å². The Morgan fingerprint density at radius 2 is 1.51 bits per heavy atom. The number of carbonyl (C=O) groups excluding carboxylic acids is 3. The van der Waals surface area contributed by atoms with Crippen molar-refractivity contribution in [2.45, 2.75) is 58.3 Å². The summed E-state index contributed by atoms with van der Waals surface area (Å²) in [6.45, 7) is 6.38. The second-order valence-corrected chi connectivity index (χ2v) is 12.9. The molecular formula is C38H51N5O8. The van der Waals surface area contributed by atoms with Gasteiger partial charge in [-0.2, -0.15) is 0 Å². The summed E-state index contributed by atoms with van der Waals surface area (Å²) >= 11 is 0. The third kappa shape index (κ3) is 11.2. The molecule has 13 heteroatoms. The minimum Gasteiger partial charge on any atom is -0.497 e. The largest absolute Gasteiger partial charge is 0.497 e. The zero-order valence-corrected chi connectivity index (χ0v) is 30.3. The van der Waals surface area contributed by atoms with Crippen molar-refractivity contribution in [3.8, 4) is 17.2 Å². The van der Waals surface area contributed by atoms with E-state index in [9.17, 15) is 19.5 Å². The maximum atomic E-state index is 14.4. The van der Waals surface area contributed by atoms with Crippen LogP contribution in [0.2, 0.25) is 0 Å². The molecular weight excluding hydrogens is 654 g/mol. The number of aliphatic hydroxyl groups excluding tert-OH is 1. The first kappa shape index (κ1) is 38.8. The third-order valence-electron chi connectivity index (χ3n) is 8.80. The van der Waals surface area contributed by atoms with Gasteiger partial charge in [-0.1, -0.05) is 6.92 Å². The zero-order valence-electron chi connectivity index (χ0n) is 30.3. The zero-order chi connectivity index (χ0) is 36.9. The van der Waals surface area contributed by atoms with Crippen LogP contribution in [0.15, 0.2) is 66.7 Å². The monoisotopic (exact) mass is 705 g/mol. The van der Waals surface area contributed by atoms with E-state index in [1.54, 1.807) is 105 Å². The number of hydrogen-bond acceptors (Lipinski definition) is 8. The molecule has 0 aromatic heterocycles. The SMILES string of the molecule is COc1ccc(NC(=O)Nc2ccc3c(c2)C(=O)N([C@H](C)CO)C[C@H](C)[C@H](CN(C)C(=O)Nc2ccc(OC)cc2)OCCCC[C@H](C)O3)cc1. The molecule has 0 radical (unpaired) electrons. The molecule has 13 nitrogen and oxygen atoms in total. The lowest BCUT2D eigenvalue weighted by Crippen LogP contribution is -2.48. The van der Waals surface area contributed by atoms with Crippen LogP contribution in [-0.4, -0.2) is 98.7 Å². The van der Waals surface area contributed by atoms with Gasteiger partial charge in [-0.15, -0.1) is 0 Å². The Morgan fingerprint density at radius 3 is 2.12 bits per heavy atom. The summed E-state index contributed by atoms with van der Waals surface area (Å²) in [5.74, 6) is 1.13. The standard InChI is InChI=1S/C38H51N5O8/c1-25-22-43(26(2)24-44)36(45)33-21-30(40-37(46)39-28-10-15-31(48-5)16-11-28)14-19-34(33)51-27(3)9-7-8-20-50-35(25)23-42(4)38(47)41-29-12-17-32(49-6)18-13-29/h10-19,21,25-27,35,44H,7-9,20,22-24H2,1-6H3,(H,41,47)(H2,39,40,46)/t25-,26+,27-,35-/m0/s1. The maximum Gasteiger partial charge on any atom is 0.323 e. The summed E-state index contributed by atoms with van der Waals surface area (Å²) in [6, 6.07) is 17.6. The molecule has 0 bridgehead atoms. The molecule has 1 aliphatic rings. The lowest BCUT2D eigenvalue weighted by atomic mass is 10.0. The Balaban J connectivity index is 1.55. The number of anilines is 3. The van der Waals surface area contributed by atoms with E-state index in [4.69, 9.17) is 18.9 Å². The molecule has 4 atom stereocenters. The second kappa shape index (κ2) is 18.8. The fraction of sp³-hybridized carbons (Fsp3) is 0.447. The summed E-state index contributed by atoms with van der Waals surface area (Å²) in [5.41, 5.74) is 1.84. The van der Waals surface area contributed by atoms with Gasteiger partial charge in [0.1, 0.15) is 17.2 Å². The Bertz CT molecular complexity index is 1590. The lowest BCUT2D eigenvalue weighted by Gasteiger charge is -2.35. The maximum absolute atomic E-state index is 14.4. The lowest BCUT2D eigenvalue weighted by molar-refractivity contribution is -0.0115. The highest BCUT2D eigenvalue weighted by molar-refractivity contribution is 6.02. The molecule has 0 fully saturated rings. The van der Waals surface area contributed by atoms with Gasteiger partial charge in [0, 0.05) is 49.7 Å². The van der Waals surface area contributed by atoms with Crippen molar-refractivity contribution in [2.75, 3.05) is 63.5 Å². The predicted molar refractivity (Wildman–Crippen MR) is 197 cm³/mol. The number of fused-ring (bicyclic) bond motifs is 1. The van der Waals surface area contributed by atoms with E-state index in [0.717, 1.165) is 19.3 Å². The van der Waals surface area contributed by atoms with Gasteiger partial charge in [0.25, 0.3) is 5.91 Å². The molecule has 51 heavy (non-hydrogen) atoms. The van der Waals surface area contributed by atoms with E-state index in [-0.39, 0.29) is 49.2 Å². The van der Waals surface area contributed by atoms with E-state index >= 15 is 0 Å². The highest BCUT2D eigenvalue weighted by Gasteiger charge is 2.31. The topological polar surface area (TPSA) is 151 Å². The van der Waals surface area contributed by atoms with Crippen molar-refractivity contribution < 1.29 is 38.4 Å². The number of nitrogens with zero attached hydrogens (tertiary/aromatic N) is 2. The van der Waals surface area contributed by atoms with Crippen molar-refractivity contribution >= 4 is 35.0 Å². The quantitative estimate of drug-likeness (QED) is 0.202. The molecule has 0 spiro atoms. The number of carbonyl (C=O) groups is 3. The van der Waals surface area contributed by atoms with Crippen LogP contribution in [0.4, 0.5) is 26.7 Å². The first-order valence-electron chi connectivity index (χ1n) is 17.2. The average molecular weight is 706 g/mol. The summed E-state index contributed by atoms with van der Waals surface area (Å²) in [6.07, 6.45) is 1.72. The van der Waals surface area contributed by atoms with Gasteiger partial charge in [0.05, 0.1) is 44.6 Å². The van der Waals surface area contributed by atoms with Crippen molar-refractivity contribution in [2.24, 2.45) is 5.92 Å². The summed E-state index contributed by atoms with van der Waals surface area (Å²) in [4.78, 5) is 43.6. The van der Waals surface area contributed by atoms with Crippen molar-refractivity contribution in [3.63, 3.8) is 0 Å². The predicted octanol–water partition coefficient (Wildman–Crippen LogP) is 6.31. The molecule has 0 unspecified atom stereocenters. The molecule has 3 aromatic rings. The number of ether oxygens (including phenoxy) is 4. The van der Waals surface area contributed by atoms with Crippen molar-refractivity contribution in [1.29, 1.82) is 0 Å². The van der Waals surface area contributed by atoms with Gasteiger partial charge in [-0.05, 0) is 99.8 Å². The first-order valence-corrected chi connectivity index (χ1v) is 17.2. The summed E-state index contributed by atoms with van der Waals surface area (Å²) in [7, 11) is 4.85. The molecule has 4 N–H and O–H groups in total. The van der Waals surface area contributed by atoms with Gasteiger partial charge in [-0.3, -0.25) is 4.79 Å². The number of rotatable bonds is 9. The smallest absolute Gasteiger partial charge is 0.323 e. The Morgan fingerprint density at radius 1 is 0.922 bits per heavy atom. The van der Waals surface area contributed by atoms with Gasteiger partial charge < -0.3 is 49.8 Å².